The second kappa shape index (κ2) is 7.03. The molecule has 0 bridgehead atoms. The lowest BCUT2D eigenvalue weighted by Gasteiger charge is -2.24. The fraction of sp³-hybridized carbons (Fsp3) is 1.00. The standard InChI is InChI=1S/C6H3F12O4P/c7-1(4(10,11)12)20-23(19,21-2(8)5(13,14)15)22-3(9)6(16,17)18/h1-3H. The summed E-state index contributed by atoms with van der Waals surface area (Å²) in [6.07, 6.45) is -32.9. The highest BCUT2D eigenvalue weighted by atomic mass is 31.2. The monoisotopic (exact) mass is 398 g/mol. The van der Waals surface area contributed by atoms with Crippen molar-refractivity contribution in [3.63, 3.8) is 0 Å². The van der Waals surface area contributed by atoms with Gasteiger partial charge in [0.25, 0.3) is 0 Å². The lowest BCUT2D eigenvalue weighted by molar-refractivity contribution is -0.275. The maximum atomic E-state index is 12.4. The summed E-state index contributed by atoms with van der Waals surface area (Å²) in [4.78, 5) is 0. The van der Waals surface area contributed by atoms with Crippen LogP contribution in [-0.4, -0.2) is 37.6 Å². The average molecular weight is 398 g/mol. The van der Waals surface area contributed by atoms with Crippen molar-refractivity contribution in [2.24, 2.45) is 0 Å². The van der Waals surface area contributed by atoms with Gasteiger partial charge in [-0.05, 0) is 0 Å². The molecule has 0 heterocycles. The fourth-order valence-electron chi connectivity index (χ4n) is 0.594. The summed E-state index contributed by atoms with van der Waals surface area (Å²) in [7, 11) is -6.96. The van der Waals surface area contributed by atoms with E-state index in [-0.39, 0.29) is 0 Å². The number of alkyl halides is 12. The smallest absolute Gasteiger partial charge is 0.241 e. The minimum Gasteiger partial charge on any atom is -0.241 e. The van der Waals surface area contributed by atoms with E-state index in [2.05, 4.69) is 13.6 Å². The predicted octanol–water partition coefficient (Wildman–Crippen LogP) is 4.72. The topological polar surface area (TPSA) is 44.8 Å². The summed E-state index contributed by atoms with van der Waals surface area (Å²) >= 11 is 0. The van der Waals surface area contributed by atoms with Crippen LogP contribution in [-0.2, 0) is 18.1 Å². The molecule has 4 nitrogen and oxygen atoms in total. The Balaban J connectivity index is 5.40. The van der Waals surface area contributed by atoms with Gasteiger partial charge in [0.2, 0.25) is 0 Å². The number of phosphoric acid groups is 1. The summed E-state index contributed by atoms with van der Waals surface area (Å²) < 4.78 is 162. The van der Waals surface area contributed by atoms with E-state index in [1.54, 1.807) is 0 Å². The first-order chi connectivity index (χ1) is 9.88. The van der Waals surface area contributed by atoms with Gasteiger partial charge in [-0.25, -0.2) is 31.3 Å². The van der Waals surface area contributed by atoms with Gasteiger partial charge in [-0.2, -0.15) is 39.5 Å². The number of hydrogen-bond donors (Lipinski definition) is 0. The van der Waals surface area contributed by atoms with Crippen LogP contribution >= 0.6 is 7.82 Å². The normalized spacial score (nSPS) is 20.7. The Hall–Kier alpha value is -0.730. The highest BCUT2D eigenvalue weighted by Gasteiger charge is 2.55. The van der Waals surface area contributed by atoms with Crippen LogP contribution in [0, 0.1) is 0 Å². The van der Waals surface area contributed by atoms with Crippen LogP contribution in [0.15, 0.2) is 0 Å². The maximum absolute atomic E-state index is 12.4. The van der Waals surface area contributed by atoms with Gasteiger partial charge in [0.15, 0.2) is 0 Å². The van der Waals surface area contributed by atoms with E-state index in [4.69, 9.17) is 0 Å². The third-order valence-electron chi connectivity index (χ3n) is 1.44. The van der Waals surface area contributed by atoms with E-state index in [1.807, 2.05) is 0 Å². The first-order valence-electron chi connectivity index (χ1n) is 4.66. The van der Waals surface area contributed by atoms with Crippen molar-refractivity contribution < 1.29 is 70.8 Å². The highest BCUT2D eigenvalue weighted by Crippen LogP contribution is 2.57. The van der Waals surface area contributed by atoms with E-state index in [0.717, 1.165) is 0 Å². The van der Waals surface area contributed by atoms with E-state index >= 15 is 0 Å². The molecule has 0 saturated heterocycles. The number of hydrogen-bond acceptors (Lipinski definition) is 4. The molecule has 17 heteroatoms. The van der Waals surface area contributed by atoms with Crippen LogP contribution < -0.4 is 0 Å². The zero-order valence-corrected chi connectivity index (χ0v) is 10.7. The minimum atomic E-state index is -6.96. The molecule has 0 aromatic rings. The first kappa shape index (κ1) is 22.3. The van der Waals surface area contributed by atoms with Crippen molar-refractivity contribution in [3.8, 4) is 0 Å². The molecule has 0 saturated carbocycles. The number of halogens is 12. The summed E-state index contributed by atoms with van der Waals surface area (Å²) in [5.41, 5.74) is 0. The van der Waals surface area contributed by atoms with Gasteiger partial charge in [0.05, 0.1) is 0 Å². The van der Waals surface area contributed by atoms with Crippen LogP contribution in [0.3, 0.4) is 0 Å². The molecule has 23 heavy (non-hydrogen) atoms. The Morgan fingerprint density at radius 1 is 0.565 bits per heavy atom. The molecule has 0 fully saturated rings. The second-order valence-corrected chi connectivity index (χ2v) is 4.86. The van der Waals surface area contributed by atoms with Crippen molar-refractivity contribution >= 4 is 7.82 Å². The second-order valence-electron chi connectivity index (χ2n) is 3.34. The third-order valence-corrected chi connectivity index (χ3v) is 2.77. The van der Waals surface area contributed by atoms with E-state index in [9.17, 15) is 57.3 Å². The van der Waals surface area contributed by atoms with Gasteiger partial charge >= 0.3 is 45.4 Å². The van der Waals surface area contributed by atoms with Crippen molar-refractivity contribution in [2.45, 2.75) is 37.6 Å². The minimum absolute atomic E-state index is 2.57. The van der Waals surface area contributed by atoms with E-state index in [0.29, 0.717) is 0 Å². The van der Waals surface area contributed by atoms with Crippen molar-refractivity contribution in [1.29, 1.82) is 0 Å². The molecule has 0 aliphatic carbocycles. The lowest BCUT2D eigenvalue weighted by atomic mass is 10.7. The number of phosphoric ester groups is 1. The molecular formula is C6H3F12O4P. The summed E-state index contributed by atoms with van der Waals surface area (Å²) in [6, 6.07) is 0. The van der Waals surface area contributed by atoms with E-state index < -0.39 is 45.4 Å². The van der Waals surface area contributed by atoms with Crippen LogP contribution in [0.1, 0.15) is 0 Å². The van der Waals surface area contributed by atoms with Crippen molar-refractivity contribution in [3.05, 3.63) is 0 Å². The van der Waals surface area contributed by atoms with Crippen LogP contribution in [0.4, 0.5) is 52.7 Å². The molecule has 0 N–H and O–H groups in total. The molecule has 3 atom stereocenters. The summed E-state index contributed by atoms with van der Waals surface area (Å²) in [6.45, 7) is 0. The third kappa shape index (κ3) is 7.58. The van der Waals surface area contributed by atoms with Gasteiger partial charge in [-0.15, -0.1) is 0 Å². The Morgan fingerprint density at radius 3 is 0.870 bits per heavy atom. The van der Waals surface area contributed by atoms with Crippen LogP contribution in [0.5, 0.6) is 0 Å². The van der Waals surface area contributed by atoms with Crippen LogP contribution in [0.25, 0.3) is 0 Å². The van der Waals surface area contributed by atoms with Crippen LogP contribution in [0.2, 0.25) is 0 Å². The molecule has 0 aromatic heterocycles. The molecular weight excluding hydrogens is 395 g/mol. The molecule has 0 spiro atoms. The molecule has 0 aliphatic heterocycles. The molecule has 0 rings (SSSR count). The largest absolute Gasteiger partial charge is 0.483 e. The number of rotatable bonds is 6. The quantitative estimate of drug-likeness (QED) is 0.480. The van der Waals surface area contributed by atoms with Crippen molar-refractivity contribution in [2.75, 3.05) is 0 Å². The lowest BCUT2D eigenvalue weighted by Crippen LogP contribution is -2.33. The highest BCUT2D eigenvalue weighted by molar-refractivity contribution is 7.48. The molecule has 140 valence electrons. The molecule has 0 amide bonds. The van der Waals surface area contributed by atoms with Gasteiger partial charge in [0, 0.05) is 0 Å². The van der Waals surface area contributed by atoms with Gasteiger partial charge in [-0.3, -0.25) is 0 Å². The average Bonchev–Trinajstić information content (AvgIpc) is 2.23. The first-order valence-corrected chi connectivity index (χ1v) is 6.12. The van der Waals surface area contributed by atoms with Gasteiger partial charge < -0.3 is 0 Å². The molecule has 0 aliphatic rings. The zero-order valence-electron chi connectivity index (χ0n) is 9.85. The fourth-order valence-corrected chi connectivity index (χ4v) is 1.78. The zero-order chi connectivity index (χ0) is 18.9. The predicted molar refractivity (Wildman–Crippen MR) is 43.7 cm³/mol. The maximum Gasteiger partial charge on any atom is 0.483 e. The summed E-state index contributed by atoms with van der Waals surface area (Å²) in [5.74, 6) is 0. The Morgan fingerprint density at radius 2 is 0.739 bits per heavy atom. The van der Waals surface area contributed by atoms with Gasteiger partial charge in [-0.1, -0.05) is 0 Å². The molecule has 0 radical (unpaired) electrons. The van der Waals surface area contributed by atoms with Gasteiger partial charge in [0.1, 0.15) is 0 Å². The van der Waals surface area contributed by atoms with Crippen molar-refractivity contribution in [1.82, 2.24) is 0 Å². The summed E-state index contributed by atoms with van der Waals surface area (Å²) in [5, 5.41) is 0. The Labute approximate surface area is 117 Å². The molecule has 3 unspecified atom stereocenters. The molecule has 0 aromatic carbocycles. The van der Waals surface area contributed by atoms with E-state index in [1.165, 1.54) is 0 Å². The Kier molecular flexibility index (Phi) is 6.80. The SMILES string of the molecule is O=P(OC(F)C(F)(F)F)(OC(F)C(F)(F)F)OC(F)C(F)(F)F. The Bertz CT molecular complexity index is 367.